The van der Waals surface area contributed by atoms with Gasteiger partial charge in [-0.25, -0.2) is 0 Å². The van der Waals surface area contributed by atoms with E-state index in [1.54, 1.807) is 6.26 Å². The van der Waals surface area contributed by atoms with Crippen molar-refractivity contribution in [1.82, 2.24) is 20.0 Å². The van der Waals surface area contributed by atoms with Crippen LogP contribution in [0.5, 0.6) is 0 Å². The summed E-state index contributed by atoms with van der Waals surface area (Å²) in [4.78, 5) is 19.2. The first-order valence-electron chi connectivity index (χ1n) is 8.43. The fourth-order valence-corrected chi connectivity index (χ4v) is 3.88. The fraction of sp³-hybridized carbons (Fsp3) is 0.706. The number of likely N-dealkylation sites (tertiary alicyclic amines) is 2. The number of likely N-dealkylation sites (N-methyl/N-ethyl adjacent to an activating group) is 2. The largest absolute Gasteiger partial charge is 0.468 e. The van der Waals surface area contributed by atoms with E-state index in [1.807, 2.05) is 26.2 Å². The molecule has 2 fully saturated rings. The molecule has 1 aromatic heterocycles. The van der Waals surface area contributed by atoms with Gasteiger partial charge in [0.25, 0.3) is 0 Å². The molecule has 3 atom stereocenters. The summed E-state index contributed by atoms with van der Waals surface area (Å²) in [5.74, 6) is 1.78. The number of rotatable bonds is 6. The molecule has 23 heavy (non-hydrogen) atoms. The lowest BCUT2D eigenvalue weighted by molar-refractivity contribution is -0.125. The number of amides is 1. The van der Waals surface area contributed by atoms with Crippen molar-refractivity contribution in [3.63, 3.8) is 0 Å². The van der Waals surface area contributed by atoms with E-state index in [0.29, 0.717) is 12.0 Å². The minimum atomic E-state index is 0.0259. The third-order valence-corrected chi connectivity index (χ3v) is 5.14. The molecule has 0 radical (unpaired) electrons. The molecular formula is C17H28N4O2. The molecule has 0 aliphatic carbocycles. The predicted molar refractivity (Wildman–Crippen MR) is 89.0 cm³/mol. The lowest BCUT2D eigenvalue weighted by Crippen LogP contribution is -2.46. The summed E-state index contributed by atoms with van der Waals surface area (Å²) in [6, 6.07) is 4.47. The molecule has 2 saturated heterocycles. The van der Waals surface area contributed by atoms with Crippen LogP contribution in [-0.4, -0.2) is 80.0 Å². The summed E-state index contributed by atoms with van der Waals surface area (Å²) in [5, 5.41) is 3.07. The monoisotopic (exact) mass is 320 g/mol. The summed E-state index contributed by atoms with van der Waals surface area (Å²) in [6.07, 6.45) is 2.69. The van der Waals surface area contributed by atoms with Crippen molar-refractivity contribution in [2.75, 3.05) is 47.3 Å². The molecule has 0 bridgehead atoms. The van der Waals surface area contributed by atoms with Crippen LogP contribution < -0.4 is 5.32 Å². The molecule has 2 aliphatic rings. The van der Waals surface area contributed by atoms with Crippen LogP contribution in [0.15, 0.2) is 22.8 Å². The first kappa shape index (κ1) is 16.5. The van der Waals surface area contributed by atoms with Crippen LogP contribution in [-0.2, 0) is 11.3 Å². The third-order valence-electron chi connectivity index (χ3n) is 5.14. The van der Waals surface area contributed by atoms with Crippen molar-refractivity contribution >= 4 is 5.91 Å². The standard InChI is InChI=1S/C17H28N4O2/c1-19(2)7-6-18-17(22)15-9-13-10-21(12-16(13)20(15)3)11-14-5-4-8-23-14/h4-5,8,13,15-16H,6-7,9-12H2,1-3H3,(H,18,22)/t13-,15-,16+/m1/s1. The Morgan fingerprint density at radius 2 is 2.26 bits per heavy atom. The first-order chi connectivity index (χ1) is 11.0. The van der Waals surface area contributed by atoms with Gasteiger partial charge < -0.3 is 14.6 Å². The van der Waals surface area contributed by atoms with Crippen molar-refractivity contribution < 1.29 is 9.21 Å². The van der Waals surface area contributed by atoms with E-state index in [0.717, 1.165) is 44.9 Å². The zero-order valence-electron chi connectivity index (χ0n) is 14.4. The predicted octanol–water partition coefficient (Wildman–Crippen LogP) is 0.462. The van der Waals surface area contributed by atoms with Gasteiger partial charge in [-0.05, 0) is 45.6 Å². The number of hydrogen-bond acceptors (Lipinski definition) is 5. The van der Waals surface area contributed by atoms with E-state index in [4.69, 9.17) is 4.42 Å². The van der Waals surface area contributed by atoms with Gasteiger partial charge in [0.2, 0.25) is 5.91 Å². The summed E-state index contributed by atoms with van der Waals surface area (Å²) in [5.41, 5.74) is 0. The van der Waals surface area contributed by atoms with Gasteiger partial charge in [-0.15, -0.1) is 0 Å². The second-order valence-corrected chi connectivity index (χ2v) is 7.11. The van der Waals surface area contributed by atoms with Gasteiger partial charge >= 0.3 is 0 Å². The molecule has 1 aromatic rings. The van der Waals surface area contributed by atoms with Gasteiger partial charge in [0.15, 0.2) is 0 Å². The summed E-state index contributed by atoms with van der Waals surface area (Å²) in [6.45, 7) is 4.54. The highest BCUT2D eigenvalue weighted by Crippen LogP contribution is 2.35. The number of carbonyl (C=O) groups excluding carboxylic acids is 1. The zero-order valence-corrected chi connectivity index (χ0v) is 14.4. The summed E-state index contributed by atoms with van der Waals surface area (Å²) in [7, 11) is 6.13. The van der Waals surface area contributed by atoms with Crippen LogP contribution >= 0.6 is 0 Å². The van der Waals surface area contributed by atoms with E-state index in [9.17, 15) is 4.79 Å². The van der Waals surface area contributed by atoms with Crippen molar-refractivity contribution in [3.8, 4) is 0 Å². The second-order valence-electron chi connectivity index (χ2n) is 7.11. The fourth-order valence-electron chi connectivity index (χ4n) is 3.88. The molecule has 2 aliphatic heterocycles. The van der Waals surface area contributed by atoms with Crippen molar-refractivity contribution in [2.45, 2.75) is 25.0 Å². The molecule has 3 rings (SSSR count). The number of furan rings is 1. The minimum absolute atomic E-state index is 0.0259. The average Bonchev–Trinajstić information content (AvgIpc) is 3.18. The highest BCUT2D eigenvalue weighted by molar-refractivity contribution is 5.82. The van der Waals surface area contributed by atoms with Crippen molar-refractivity contribution in [1.29, 1.82) is 0 Å². The molecular weight excluding hydrogens is 292 g/mol. The molecule has 0 saturated carbocycles. The Morgan fingerprint density at radius 1 is 1.43 bits per heavy atom. The van der Waals surface area contributed by atoms with Gasteiger partial charge in [-0.3, -0.25) is 14.6 Å². The third kappa shape index (κ3) is 3.76. The maximum absolute atomic E-state index is 12.4. The second kappa shape index (κ2) is 7.03. The van der Waals surface area contributed by atoms with E-state index < -0.39 is 0 Å². The number of fused-ring (bicyclic) bond motifs is 1. The maximum Gasteiger partial charge on any atom is 0.237 e. The van der Waals surface area contributed by atoms with Gasteiger partial charge in [-0.2, -0.15) is 0 Å². The highest BCUT2D eigenvalue weighted by atomic mass is 16.3. The molecule has 1 amide bonds. The molecule has 0 spiro atoms. The van der Waals surface area contributed by atoms with Crippen LogP contribution in [0.3, 0.4) is 0 Å². The van der Waals surface area contributed by atoms with E-state index in [2.05, 4.69) is 27.1 Å². The van der Waals surface area contributed by atoms with Crippen LogP contribution in [0.4, 0.5) is 0 Å². The van der Waals surface area contributed by atoms with Crippen molar-refractivity contribution in [2.24, 2.45) is 5.92 Å². The molecule has 0 aromatic carbocycles. The van der Waals surface area contributed by atoms with Crippen LogP contribution in [0.25, 0.3) is 0 Å². The molecule has 128 valence electrons. The molecule has 0 unspecified atom stereocenters. The Kier molecular flexibility index (Phi) is 5.04. The summed E-state index contributed by atoms with van der Waals surface area (Å²) < 4.78 is 5.44. The molecule has 3 heterocycles. The Labute approximate surface area is 138 Å². The topological polar surface area (TPSA) is 52.0 Å². The Morgan fingerprint density at radius 3 is 2.91 bits per heavy atom. The average molecular weight is 320 g/mol. The lowest BCUT2D eigenvalue weighted by Gasteiger charge is -2.26. The van der Waals surface area contributed by atoms with E-state index in [-0.39, 0.29) is 11.9 Å². The van der Waals surface area contributed by atoms with Crippen LogP contribution in [0, 0.1) is 5.92 Å². The van der Waals surface area contributed by atoms with E-state index in [1.165, 1.54) is 0 Å². The number of hydrogen-bond donors (Lipinski definition) is 1. The number of nitrogens with one attached hydrogen (secondary N) is 1. The minimum Gasteiger partial charge on any atom is -0.468 e. The Hall–Kier alpha value is -1.37. The van der Waals surface area contributed by atoms with Crippen LogP contribution in [0.1, 0.15) is 12.2 Å². The van der Waals surface area contributed by atoms with Gasteiger partial charge in [0.1, 0.15) is 5.76 Å². The molecule has 6 heteroatoms. The first-order valence-corrected chi connectivity index (χ1v) is 8.43. The smallest absolute Gasteiger partial charge is 0.237 e. The van der Waals surface area contributed by atoms with Gasteiger partial charge in [0.05, 0.1) is 18.8 Å². The zero-order chi connectivity index (χ0) is 16.4. The quantitative estimate of drug-likeness (QED) is 0.825. The molecule has 6 nitrogen and oxygen atoms in total. The highest BCUT2D eigenvalue weighted by Gasteiger charge is 2.46. The maximum atomic E-state index is 12.4. The van der Waals surface area contributed by atoms with Gasteiger partial charge in [0, 0.05) is 32.2 Å². The number of carbonyl (C=O) groups is 1. The van der Waals surface area contributed by atoms with E-state index >= 15 is 0 Å². The normalized spacial score (nSPS) is 28.4. The summed E-state index contributed by atoms with van der Waals surface area (Å²) >= 11 is 0. The number of nitrogens with zero attached hydrogens (tertiary/aromatic N) is 3. The van der Waals surface area contributed by atoms with Crippen LogP contribution in [0.2, 0.25) is 0 Å². The molecule has 1 N–H and O–H groups in total. The SMILES string of the molecule is CN(C)CCNC(=O)[C@H]1C[C@@H]2CN(Cc3ccco3)C[C@@H]2N1C. The van der Waals surface area contributed by atoms with Crippen molar-refractivity contribution in [3.05, 3.63) is 24.2 Å². The Bertz CT molecular complexity index is 517. The Balaban J connectivity index is 1.49. The van der Waals surface area contributed by atoms with Gasteiger partial charge in [-0.1, -0.05) is 0 Å². The lowest BCUT2D eigenvalue weighted by atomic mass is 10.0.